The number of halogens is 2. The lowest BCUT2D eigenvalue weighted by atomic mass is 10.1. The molecule has 0 bridgehead atoms. The highest BCUT2D eigenvalue weighted by molar-refractivity contribution is 7.80. The van der Waals surface area contributed by atoms with Crippen molar-refractivity contribution in [3.05, 3.63) is 34.6 Å². The van der Waals surface area contributed by atoms with E-state index in [9.17, 15) is 4.39 Å². The van der Waals surface area contributed by atoms with Crippen molar-refractivity contribution in [2.24, 2.45) is 0 Å². The number of rotatable bonds is 6. The first-order valence-corrected chi connectivity index (χ1v) is 6.00. The molecule has 1 aromatic carbocycles. The van der Waals surface area contributed by atoms with Gasteiger partial charge in [0.25, 0.3) is 0 Å². The van der Waals surface area contributed by atoms with Gasteiger partial charge in [-0.3, -0.25) is 0 Å². The van der Waals surface area contributed by atoms with Crippen molar-refractivity contribution in [2.45, 2.75) is 12.8 Å². The second-order valence-corrected chi connectivity index (χ2v) is 4.20. The molecule has 15 heavy (non-hydrogen) atoms. The Morgan fingerprint density at radius 1 is 1.33 bits per heavy atom. The van der Waals surface area contributed by atoms with Crippen LogP contribution in [0, 0.1) is 5.82 Å². The fourth-order valence-electron chi connectivity index (χ4n) is 1.29. The molecule has 0 aliphatic rings. The Kier molecular flexibility index (Phi) is 6.06. The van der Waals surface area contributed by atoms with Crippen molar-refractivity contribution in [3.63, 3.8) is 0 Å². The molecule has 0 aliphatic heterocycles. The van der Waals surface area contributed by atoms with E-state index in [0.717, 1.165) is 25.3 Å². The molecule has 0 spiro atoms. The zero-order valence-corrected chi connectivity index (χ0v) is 10.1. The van der Waals surface area contributed by atoms with E-state index in [2.05, 4.69) is 17.9 Å². The molecule has 0 atom stereocenters. The lowest BCUT2D eigenvalue weighted by molar-refractivity contribution is 0.597. The minimum atomic E-state index is -0.185. The van der Waals surface area contributed by atoms with Crippen LogP contribution in [-0.2, 0) is 6.42 Å². The van der Waals surface area contributed by atoms with E-state index < -0.39 is 0 Å². The molecule has 0 fully saturated rings. The summed E-state index contributed by atoms with van der Waals surface area (Å²) < 4.78 is 13.2. The van der Waals surface area contributed by atoms with Crippen LogP contribution in [0.4, 0.5) is 4.39 Å². The summed E-state index contributed by atoms with van der Waals surface area (Å²) in [6, 6.07) is 4.65. The number of nitrogens with one attached hydrogen (secondary N) is 1. The zero-order chi connectivity index (χ0) is 11.1. The average Bonchev–Trinajstić information content (AvgIpc) is 2.23. The summed E-state index contributed by atoms with van der Waals surface area (Å²) in [6.07, 6.45) is 1.69. The SMILES string of the molecule is Fc1ccc(Cl)cc1CCNCCCS. The second-order valence-electron chi connectivity index (χ2n) is 3.31. The fraction of sp³-hybridized carbons (Fsp3) is 0.455. The summed E-state index contributed by atoms with van der Waals surface area (Å²) in [7, 11) is 0. The third kappa shape index (κ3) is 4.87. The maximum atomic E-state index is 13.2. The molecule has 0 amide bonds. The molecule has 0 heterocycles. The smallest absolute Gasteiger partial charge is 0.126 e. The number of thiol groups is 1. The number of hydrogen-bond donors (Lipinski definition) is 2. The lowest BCUT2D eigenvalue weighted by Gasteiger charge is -2.05. The molecule has 1 N–H and O–H groups in total. The van der Waals surface area contributed by atoms with Gasteiger partial charge in [0, 0.05) is 5.02 Å². The summed E-state index contributed by atoms with van der Waals surface area (Å²) in [5.41, 5.74) is 0.667. The summed E-state index contributed by atoms with van der Waals surface area (Å²) in [6.45, 7) is 1.69. The molecule has 0 saturated heterocycles. The van der Waals surface area contributed by atoms with Crippen LogP contribution in [0.25, 0.3) is 0 Å². The molecule has 0 unspecified atom stereocenters. The molecule has 4 heteroatoms. The molecular formula is C11H15ClFNS. The van der Waals surface area contributed by atoms with Crippen LogP contribution in [0.2, 0.25) is 5.02 Å². The molecule has 84 valence electrons. The van der Waals surface area contributed by atoms with Crippen molar-refractivity contribution in [2.75, 3.05) is 18.8 Å². The Hall–Kier alpha value is -0.250. The predicted octanol–water partition coefficient (Wildman–Crippen LogP) is 2.93. The first-order valence-electron chi connectivity index (χ1n) is 4.99. The molecule has 0 radical (unpaired) electrons. The van der Waals surface area contributed by atoms with Gasteiger partial charge in [0.05, 0.1) is 0 Å². The summed E-state index contributed by atoms with van der Waals surface area (Å²) in [5, 5.41) is 3.81. The third-order valence-electron chi connectivity index (χ3n) is 2.09. The minimum absolute atomic E-state index is 0.185. The maximum Gasteiger partial charge on any atom is 0.126 e. The van der Waals surface area contributed by atoms with Crippen molar-refractivity contribution >= 4 is 24.2 Å². The highest BCUT2D eigenvalue weighted by atomic mass is 35.5. The monoisotopic (exact) mass is 247 g/mol. The van der Waals surface area contributed by atoms with Gasteiger partial charge in [-0.2, -0.15) is 12.6 Å². The Morgan fingerprint density at radius 3 is 2.87 bits per heavy atom. The van der Waals surface area contributed by atoms with Gasteiger partial charge in [0.15, 0.2) is 0 Å². The number of benzene rings is 1. The topological polar surface area (TPSA) is 12.0 Å². The van der Waals surface area contributed by atoms with E-state index in [1.165, 1.54) is 6.07 Å². The van der Waals surface area contributed by atoms with Crippen molar-refractivity contribution in [1.29, 1.82) is 0 Å². The van der Waals surface area contributed by atoms with E-state index in [1.54, 1.807) is 12.1 Å². The number of hydrogen-bond acceptors (Lipinski definition) is 2. The Bertz CT molecular complexity index is 307. The first kappa shape index (κ1) is 12.8. The summed E-state index contributed by atoms with van der Waals surface area (Å²) in [4.78, 5) is 0. The van der Waals surface area contributed by atoms with Gasteiger partial charge in [-0.25, -0.2) is 4.39 Å². The van der Waals surface area contributed by atoms with Crippen LogP contribution >= 0.6 is 24.2 Å². The van der Waals surface area contributed by atoms with Crippen LogP contribution < -0.4 is 5.32 Å². The Labute approximate surface area is 100 Å². The third-order valence-corrected chi connectivity index (χ3v) is 2.64. The summed E-state index contributed by atoms with van der Waals surface area (Å²) >= 11 is 9.89. The molecule has 1 nitrogen and oxygen atoms in total. The normalized spacial score (nSPS) is 10.6. The fourth-order valence-corrected chi connectivity index (χ4v) is 1.64. The van der Waals surface area contributed by atoms with Crippen LogP contribution in [0.1, 0.15) is 12.0 Å². The van der Waals surface area contributed by atoms with Crippen molar-refractivity contribution in [3.8, 4) is 0 Å². The molecule has 0 aliphatic carbocycles. The first-order chi connectivity index (χ1) is 7.24. The van der Waals surface area contributed by atoms with Crippen LogP contribution in [0.3, 0.4) is 0 Å². The van der Waals surface area contributed by atoms with E-state index >= 15 is 0 Å². The molecule has 0 aromatic heterocycles. The molecular weight excluding hydrogens is 233 g/mol. The van der Waals surface area contributed by atoms with E-state index in [1.807, 2.05) is 0 Å². The Morgan fingerprint density at radius 2 is 2.13 bits per heavy atom. The highest BCUT2D eigenvalue weighted by Crippen LogP contribution is 2.14. The van der Waals surface area contributed by atoms with Gasteiger partial charge in [-0.15, -0.1) is 0 Å². The van der Waals surface area contributed by atoms with Crippen LogP contribution in [-0.4, -0.2) is 18.8 Å². The van der Waals surface area contributed by atoms with Gasteiger partial charge in [0.2, 0.25) is 0 Å². The quantitative estimate of drug-likeness (QED) is 0.582. The average molecular weight is 248 g/mol. The Balaban J connectivity index is 2.33. The van der Waals surface area contributed by atoms with E-state index in [-0.39, 0.29) is 5.82 Å². The zero-order valence-electron chi connectivity index (χ0n) is 8.47. The van der Waals surface area contributed by atoms with E-state index in [0.29, 0.717) is 17.0 Å². The lowest BCUT2D eigenvalue weighted by Crippen LogP contribution is -2.19. The van der Waals surface area contributed by atoms with Crippen molar-refractivity contribution < 1.29 is 4.39 Å². The standard InChI is InChI=1S/C11H15ClFNS/c12-10-2-3-11(13)9(8-10)4-6-14-5-1-7-15/h2-3,8,14-15H,1,4-7H2. The van der Waals surface area contributed by atoms with E-state index in [4.69, 9.17) is 11.6 Å². The van der Waals surface area contributed by atoms with Gasteiger partial charge in [-0.1, -0.05) is 11.6 Å². The highest BCUT2D eigenvalue weighted by Gasteiger charge is 2.01. The largest absolute Gasteiger partial charge is 0.316 e. The van der Waals surface area contributed by atoms with Gasteiger partial charge >= 0.3 is 0 Å². The summed E-state index contributed by atoms with van der Waals surface area (Å²) in [5.74, 6) is 0.689. The maximum absolute atomic E-state index is 13.2. The molecule has 0 saturated carbocycles. The molecule has 1 rings (SSSR count). The van der Waals surface area contributed by atoms with Gasteiger partial charge in [0.1, 0.15) is 5.82 Å². The molecule has 1 aromatic rings. The van der Waals surface area contributed by atoms with Gasteiger partial charge < -0.3 is 5.32 Å². The predicted molar refractivity (Wildman–Crippen MR) is 66.5 cm³/mol. The van der Waals surface area contributed by atoms with Gasteiger partial charge in [-0.05, 0) is 55.4 Å². The van der Waals surface area contributed by atoms with Crippen LogP contribution in [0.15, 0.2) is 18.2 Å². The minimum Gasteiger partial charge on any atom is -0.316 e. The van der Waals surface area contributed by atoms with Crippen LogP contribution in [0.5, 0.6) is 0 Å². The second kappa shape index (κ2) is 7.09. The van der Waals surface area contributed by atoms with Crippen molar-refractivity contribution in [1.82, 2.24) is 5.32 Å².